The van der Waals surface area contributed by atoms with Gasteiger partial charge in [-0.15, -0.1) is 0 Å². The van der Waals surface area contributed by atoms with Crippen molar-refractivity contribution in [3.63, 3.8) is 0 Å². The van der Waals surface area contributed by atoms with Gasteiger partial charge in [0.1, 0.15) is 5.78 Å². The number of carbonyl (C=O) groups is 2. The average molecular weight is 212 g/mol. The van der Waals surface area contributed by atoms with E-state index in [1.165, 1.54) is 25.1 Å². The molecule has 78 valence electrons. The Morgan fingerprint density at radius 2 is 1.62 bits per heavy atom. The molecule has 4 heteroatoms. The first-order valence-corrected chi connectivity index (χ1v) is 4.54. The Morgan fingerprint density at radius 3 is 2.00 bits per heavy atom. The number of nitrogens with zero attached hydrogens (tertiary/aromatic N) is 2. The van der Waals surface area contributed by atoms with Gasteiger partial charge in [0.15, 0.2) is 5.78 Å². The minimum Gasteiger partial charge on any atom is -0.300 e. The van der Waals surface area contributed by atoms with Crippen molar-refractivity contribution in [1.82, 2.24) is 0 Å². The molecule has 0 radical (unpaired) electrons. The van der Waals surface area contributed by atoms with Crippen LogP contribution >= 0.6 is 0 Å². The maximum Gasteiger partial charge on any atom is 0.170 e. The van der Waals surface area contributed by atoms with E-state index in [-0.39, 0.29) is 34.7 Å². The summed E-state index contributed by atoms with van der Waals surface area (Å²) in [5.41, 5.74) is 0.711. The van der Waals surface area contributed by atoms with E-state index >= 15 is 0 Å². The summed E-state index contributed by atoms with van der Waals surface area (Å²) < 4.78 is 0. The number of hydrogen-bond acceptors (Lipinski definition) is 4. The number of ketones is 2. The zero-order valence-electron chi connectivity index (χ0n) is 8.65. The molecule has 0 unspecified atom stereocenters. The van der Waals surface area contributed by atoms with Crippen LogP contribution in [0.15, 0.2) is 18.2 Å². The molecule has 0 amide bonds. The van der Waals surface area contributed by atoms with E-state index < -0.39 is 0 Å². The third-order valence-corrected chi connectivity index (χ3v) is 1.92. The minimum absolute atomic E-state index is 0.209. The monoisotopic (exact) mass is 212 g/mol. The number of benzene rings is 1. The van der Waals surface area contributed by atoms with Crippen LogP contribution in [-0.4, -0.2) is 11.6 Å². The van der Waals surface area contributed by atoms with Crippen LogP contribution in [-0.2, 0) is 4.79 Å². The summed E-state index contributed by atoms with van der Waals surface area (Å²) in [6, 6.07) is 7.88. The van der Waals surface area contributed by atoms with Gasteiger partial charge in [-0.05, 0) is 25.1 Å². The normalized spacial score (nSPS) is 8.94. The SMILES string of the molecule is CC(=O)CC(=O)c1cc(C#N)cc(C#N)c1. The lowest BCUT2D eigenvalue weighted by atomic mass is 10.0. The van der Waals surface area contributed by atoms with Crippen LogP contribution in [0.1, 0.15) is 34.8 Å². The fourth-order valence-electron chi connectivity index (χ4n) is 1.25. The van der Waals surface area contributed by atoms with E-state index in [1.807, 2.05) is 12.1 Å². The lowest BCUT2D eigenvalue weighted by molar-refractivity contribution is -0.116. The van der Waals surface area contributed by atoms with Crippen LogP contribution in [0, 0.1) is 22.7 Å². The molecule has 0 bridgehead atoms. The molecule has 0 N–H and O–H groups in total. The molecule has 0 saturated heterocycles. The fourth-order valence-corrected chi connectivity index (χ4v) is 1.25. The predicted octanol–water partition coefficient (Wildman–Crippen LogP) is 1.59. The van der Waals surface area contributed by atoms with Crippen LogP contribution in [0.2, 0.25) is 0 Å². The molecule has 1 aromatic rings. The highest BCUT2D eigenvalue weighted by Crippen LogP contribution is 2.11. The van der Waals surface area contributed by atoms with Crippen molar-refractivity contribution >= 4 is 11.6 Å². The van der Waals surface area contributed by atoms with E-state index in [9.17, 15) is 9.59 Å². The van der Waals surface area contributed by atoms with E-state index in [0.29, 0.717) is 0 Å². The van der Waals surface area contributed by atoms with Gasteiger partial charge >= 0.3 is 0 Å². The predicted molar refractivity (Wildman–Crippen MR) is 55.5 cm³/mol. The summed E-state index contributed by atoms with van der Waals surface area (Å²) in [6.07, 6.45) is -0.209. The van der Waals surface area contributed by atoms with Crippen LogP contribution in [0.4, 0.5) is 0 Å². The topological polar surface area (TPSA) is 81.7 Å². The van der Waals surface area contributed by atoms with Gasteiger partial charge < -0.3 is 0 Å². The summed E-state index contributed by atoms with van der Waals surface area (Å²) in [4.78, 5) is 22.3. The second-order valence-corrected chi connectivity index (χ2v) is 3.32. The average Bonchev–Trinajstić information content (AvgIpc) is 2.27. The Balaban J connectivity index is 3.15. The summed E-state index contributed by atoms with van der Waals surface area (Å²) >= 11 is 0. The van der Waals surface area contributed by atoms with Gasteiger partial charge in [-0.3, -0.25) is 9.59 Å². The summed E-state index contributed by atoms with van der Waals surface area (Å²) in [5, 5.41) is 17.4. The molecule has 0 saturated carbocycles. The number of Topliss-reactive ketones (excluding diaryl/α,β-unsaturated/α-hetero) is 2. The van der Waals surface area contributed by atoms with Gasteiger partial charge in [0.05, 0.1) is 29.7 Å². The van der Waals surface area contributed by atoms with Gasteiger partial charge in [-0.1, -0.05) is 0 Å². The van der Waals surface area contributed by atoms with Crippen LogP contribution in [0.3, 0.4) is 0 Å². The van der Waals surface area contributed by atoms with Crippen molar-refractivity contribution in [2.24, 2.45) is 0 Å². The molecule has 16 heavy (non-hydrogen) atoms. The van der Waals surface area contributed by atoms with Gasteiger partial charge in [-0.25, -0.2) is 0 Å². The molecular formula is C12H8N2O2. The van der Waals surface area contributed by atoms with Crippen LogP contribution < -0.4 is 0 Å². The molecule has 0 aliphatic carbocycles. The second kappa shape index (κ2) is 4.86. The van der Waals surface area contributed by atoms with E-state index in [1.54, 1.807) is 0 Å². The summed E-state index contributed by atoms with van der Waals surface area (Å²) in [7, 11) is 0. The molecule has 1 rings (SSSR count). The first-order chi connectivity index (χ1) is 7.56. The van der Waals surface area contributed by atoms with Crippen molar-refractivity contribution in [3.05, 3.63) is 34.9 Å². The number of carbonyl (C=O) groups excluding carboxylic acids is 2. The standard InChI is InChI=1S/C12H8N2O2/c1-8(15)2-12(16)11-4-9(6-13)3-10(5-11)7-14/h3-5H,2H2,1H3. The lowest BCUT2D eigenvalue weighted by Crippen LogP contribution is -2.05. The van der Waals surface area contributed by atoms with E-state index in [0.717, 1.165) is 0 Å². The number of nitriles is 2. The highest BCUT2D eigenvalue weighted by molar-refractivity contribution is 6.07. The highest BCUT2D eigenvalue weighted by Gasteiger charge is 2.10. The fraction of sp³-hybridized carbons (Fsp3) is 0.167. The molecule has 1 aromatic carbocycles. The van der Waals surface area contributed by atoms with Crippen molar-refractivity contribution < 1.29 is 9.59 Å². The Bertz CT molecular complexity index is 501. The van der Waals surface area contributed by atoms with E-state index in [2.05, 4.69) is 0 Å². The van der Waals surface area contributed by atoms with Crippen molar-refractivity contribution in [2.45, 2.75) is 13.3 Å². The van der Waals surface area contributed by atoms with Gasteiger partial charge in [0.25, 0.3) is 0 Å². The minimum atomic E-state index is -0.374. The third kappa shape index (κ3) is 2.76. The number of rotatable bonds is 3. The third-order valence-electron chi connectivity index (χ3n) is 1.92. The first kappa shape index (κ1) is 11.6. The molecule has 0 aliphatic heterocycles. The van der Waals surface area contributed by atoms with Crippen LogP contribution in [0.5, 0.6) is 0 Å². The first-order valence-electron chi connectivity index (χ1n) is 4.54. The van der Waals surface area contributed by atoms with Crippen molar-refractivity contribution in [3.8, 4) is 12.1 Å². The highest BCUT2D eigenvalue weighted by atomic mass is 16.1. The Kier molecular flexibility index (Phi) is 3.53. The zero-order valence-corrected chi connectivity index (χ0v) is 8.65. The van der Waals surface area contributed by atoms with Gasteiger partial charge in [0.2, 0.25) is 0 Å². The molecule has 0 aliphatic rings. The molecule has 0 atom stereocenters. The molecular weight excluding hydrogens is 204 g/mol. The summed E-state index contributed by atoms with van der Waals surface area (Å²) in [6.45, 7) is 1.32. The molecule has 4 nitrogen and oxygen atoms in total. The summed E-state index contributed by atoms with van der Waals surface area (Å²) in [5.74, 6) is -0.619. The number of hydrogen-bond donors (Lipinski definition) is 0. The second-order valence-electron chi connectivity index (χ2n) is 3.32. The Hall–Kier alpha value is -2.46. The smallest absolute Gasteiger partial charge is 0.170 e. The maximum absolute atomic E-state index is 11.6. The molecule has 0 heterocycles. The van der Waals surface area contributed by atoms with Crippen molar-refractivity contribution in [1.29, 1.82) is 10.5 Å². The maximum atomic E-state index is 11.6. The Labute approximate surface area is 92.7 Å². The lowest BCUT2D eigenvalue weighted by Gasteiger charge is -2.00. The van der Waals surface area contributed by atoms with Gasteiger partial charge in [-0.2, -0.15) is 10.5 Å². The molecule has 0 fully saturated rings. The zero-order chi connectivity index (χ0) is 12.1. The van der Waals surface area contributed by atoms with E-state index in [4.69, 9.17) is 10.5 Å². The Morgan fingerprint density at radius 1 is 1.12 bits per heavy atom. The van der Waals surface area contributed by atoms with Crippen LogP contribution in [0.25, 0.3) is 0 Å². The molecule has 0 spiro atoms. The van der Waals surface area contributed by atoms with Gasteiger partial charge in [0, 0.05) is 5.56 Å². The molecule has 0 aromatic heterocycles. The largest absolute Gasteiger partial charge is 0.300 e. The van der Waals surface area contributed by atoms with Crippen molar-refractivity contribution in [2.75, 3.05) is 0 Å². The quantitative estimate of drug-likeness (QED) is 0.562.